The average Bonchev–Trinajstić information content (AvgIpc) is 2.61. The van der Waals surface area contributed by atoms with Crippen LogP contribution in [0, 0.1) is 41.7 Å². The molecule has 1 radical (unpaired) electrons. The van der Waals surface area contributed by atoms with E-state index in [0.717, 1.165) is 0 Å². The van der Waals surface area contributed by atoms with Crippen LogP contribution in [-0.2, 0) is 0 Å². The summed E-state index contributed by atoms with van der Waals surface area (Å²) in [6, 6.07) is 0. The first kappa shape index (κ1) is 45.3. The third-order valence-electron chi connectivity index (χ3n) is 7.59. The van der Waals surface area contributed by atoms with Crippen molar-refractivity contribution in [3.05, 3.63) is 91.9 Å². The predicted octanol–water partition coefficient (Wildman–Crippen LogP) is 11.6. The summed E-state index contributed by atoms with van der Waals surface area (Å²) in [5.41, 5.74) is 0. The smallest absolute Gasteiger partial charge is 0.0656 e. The van der Waals surface area contributed by atoms with Crippen LogP contribution in [0.4, 0.5) is 0 Å². The van der Waals surface area contributed by atoms with Crippen molar-refractivity contribution in [1.29, 1.82) is 0 Å². The molecule has 0 bridgehead atoms. The van der Waals surface area contributed by atoms with E-state index in [1.54, 1.807) is 31.2 Å². The molecule has 0 fully saturated rings. The number of hydrogen-bond acceptors (Lipinski definition) is 0. The fourth-order valence-corrected chi connectivity index (χ4v) is 11.5. The standard InChI is InChI=1S/2C17H32Si3.Ce.Li/c2*1-18(2,3)15-10-12-16(19(4,5)6)14-17(13-11-15)20(7,8)9;;/h2*10-14H,1-9H3;;/b2*12-10-,13-11?,15-10?,15-11+,16-12?,16-14+,17-13+,17-14?;;. The van der Waals surface area contributed by atoms with Gasteiger partial charge in [0.2, 0.25) is 0 Å². The maximum absolute atomic E-state index is 2.51. The van der Waals surface area contributed by atoms with Crippen molar-refractivity contribution in [2.45, 2.75) is 118 Å². The van der Waals surface area contributed by atoms with Gasteiger partial charge in [0.1, 0.15) is 0 Å². The molecule has 8 heteroatoms. The minimum absolute atomic E-state index is 0. The van der Waals surface area contributed by atoms with E-state index in [-0.39, 0.29) is 60.6 Å². The Bertz CT molecular complexity index is 1080. The maximum atomic E-state index is 2.51. The zero-order valence-corrected chi connectivity index (χ0v) is 40.4. The number of rotatable bonds is 6. The van der Waals surface area contributed by atoms with Crippen molar-refractivity contribution in [1.82, 2.24) is 0 Å². The van der Waals surface area contributed by atoms with Gasteiger partial charge in [0.15, 0.2) is 0 Å². The summed E-state index contributed by atoms with van der Waals surface area (Å²) in [5.74, 6) is 0. The predicted molar refractivity (Wildman–Crippen MR) is 213 cm³/mol. The van der Waals surface area contributed by atoms with Crippen LogP contribution in [0.1, 0.15) is 0 Å². The van der Waals surface area contributed by atoms with E-state index in [1.165, 1.54) is 0 Å². The van der Waals surface area contributed by atoms with E-state index in [4.69, 9.17) is 0 Å². The van der Waals surface area contributed by atoms with Crippen LogP contribution < -0.4 is 0 Å². The molecule has 229 valence electrons. The zero-order valence-electron chi connectivity index (χ0n) is 31.3. The van der Waals surface area contributed by atoms with Crippen LogP contribution >= 0.6 is 0 Å². The van der Waals surface area contributed by atoms with Crippen molar-refractivity contribution in [3.63, 3.8) is 0 Å². The van der Waals surface area contributed by atoms with Gasteiger partial charge in [-0.25, -0.2) is 0 Å². The van der Waals surface area contributed by atoms with Gasteiger partial charge in [-0.3, -0.25) is 0 Å². The zero-order chi connectivity index (χ0) is 31.5. The summed E-state index contributed by atoms with van der Waals surface area (Å²) in [7, 11) is -7.62. The molecule has 2 aliphatic carbocycles. The van der Waals surface area contributed by atoms with Gasteiger partial charge in [-0.15, -0.1) is 0 Å². The van der Waals surface area contributed by atoms with Gasteiger partial charge in [0.25, 0.3) is 0 Å². The molecule has 0 nitrogen and oxygen atoms in total. The Morgan fingerprint density at radius 1 is 0.286 bits per heavy atom. The van der Waals surface area contributed by atoms with Gasteiger partial charge in [0.05, 0.1) is 48.4 Å². The van der Waals surface area contributed by atoms with E-state index >= 15 is 0 Å². The van der Waals surface area contributed by atoms with E-state index in [0.29, 0.717) is 0 Å². The molecule has 0 aromatic carbocycles. The molecule has 0 atom stereocenters. The Kier molecular flexibility index (Phi) is 18.2. The molecule has 0 N–H and O–H groups in total. The Morgan fingerprint density at radius 2 is 0.452 bits per heavy atom. The molecule has 0 aliphatic heterocycles. The average molecular weight is 788 g/mol. The minimum Gasteiger partial charge on any atom is -0.0656 e. The van der Waals surface area contributed by atoms with Gasteiger partial charge in [-0.2, -0.15) is 0 Å². The van der Waals surface area contributed by atoms with E-state index in [2.05, 4.69) is 179 Å². The molecule has 0 saturated heterocycles. The second-order valence-electron chi connectivity index (χ2n) is 17.9. The summed E-state index contributed by atoms with van der Waals surface area (Å²) in [6.07, 6.45) is 24.3. The quantitative estimate of drug-likeness (QED) is 0.235. The van der Waals surface area contributed by atoms with Gasteiger partial charge in [-0.05, 0) is 0 Å². The third kappa shape index (κ3) is 15.7. The van der Waals surface area contributed by atoms with Crippen LogP contribution in [0.2, 0.25) is 118 Å². The monoisotopic (exact) mass is 787 g/mol. The first-order valence-corrected chi connectivity index (χ1v) is 36.3. The first-order valence-electron chi connectivity index (χ1n) is 15.3. The Hall–Kier alpha value is 1.20. The molecule has 2 rings (SSSR count). The molecular weight excluding hydrogens is 724 g/mol. The molecular formula is C34H64CeLiSi6. The van der Waals surface area contributed by atoms with Crippen molar-refractivity contribution >= 4 is 67.3 Å². The van der Waals surface area contributed by atoms with Crippen molar-refractivity contribution in [2.24, 2.45) is 0 Å². The molecule has 0 amide bonds. The van der Waals surface area contributed by atoms with Gasteiger partial charge in [0, 0.05) is 60.6 Å². The van der Waals surface area contributed by atoms with Crippen LogP contribution in [0.15, 0.2) is 91.9 Å². The summed E-state index contributed by atoms with van der Waals surface area (Å²) in [4.78, 5) is 0. The Labute approximate surface area is 315 Å². The summed E-state index contributed by atoms with van der Waals surface area (Å²) in [5, 5.41) is 9.50. The van der Waals surface area contributed by atoms with E-state index in [1.807, 2.05) is 0 Å². The molecule has 0 aromatic rings. The van der Waals surface area contributed by atoms with Gasteiger partial charge >= 0.3 is 0 Å². The Balaban J connectivity index is 0. The summed E-state index contributed by atoms with van der Waals surface area (Å²) >= 11 is 0. The summed E-state index contributed by atoms with van der Waals surface area (Å²) in [6.45, 7) is 44.0. The fourth-order valence-electron chi connectivity index (χ4n) is 4.22. The van der Waals surface area contributed by atoms with Gasteiger partial charge < -0.3 is 0 Å². The minimum atomic E-state index is -1.28. The molecule has 2 aliphatic rings. The van der Waals surface area contributed by atoms with Crippen LogP contribution in [0.25, 0.3) is 0 Å². The number of hydrogen-bond donors (Lipinski definition) is 0. The van der Waals surface area contributed by atoms with Crippen LogP contribution in [0.5, 0.6) is 0 Å². The second-order valence-corrected chi connectivity index (χ2v) is 48.3. The third-order valence-corrected chi connectivity index (χ3v) is 19.9. The molecule has 0 unspecified atom stereocenters. The van der Waals surface area contributed by atoms with Crippen molar-refractivity contribution in [3.8, 4) is 0 Å². The van der Waals surface area contributed by atoms with E-state index in [9.17, 15) is 0 Å². The molecule has 0 saturated carbocycles. The summed E-state index contributed by atoms with van der Waals surface area (Å²) < 4.78 is 0. The molecule has 0 heterocycles. The molecule has 42 heavy (non-hydrogen) atoms. The topological polar surface area (TPSA) is 0 Å². The molecule has 0 spiro atoms. The van der Waals surface area contributed by atoms with Crippen LogP contribution in [0.3, 0.4) is 0 Å². The fraction of sp³-hybridized carbons (Fsp3) is 0.529. The number of allylic oxidation sites excluding steroid dienone is 16. The normalized spacial score (nSPS) is 26.0. The SMILES string of the molecule is C[Si](C)(C)C1=C/C=C([Si](C)(C)C)\C=C([Si](C)(C)C)/C=C\1.C[Si](C)(C)C1=C/C=C([Si](C)(C)C)\C=C([Si](C)(C)C)/C=C\1.[Ce].[Li]. The van der Waals surface area contributed by atoms with Crippen molar-refractivity contribution < 1.29 is 41.7 Å². The molecule has 0 aromatic heterocycles. The van der Waals surface area contributed by atoms with E-state index < -0.39 is 48.4 Å². The first-order chi connectivity index (χ1) is 17.6. The maximum Gasteiger partial charge on any atom is 0.0775 e. The van der Waals surface area contributed by atoms with Gasteiger partial charge in [-0.1, -0.05) is 210 Å². The van der Waals surface area contributed by atoms with Crippen LogP contribution in [-0.4, -0.2) is 67.3 Å². The largest absolute Gasteiger partial charge is 0.0775 e. The Morgan fingerprint density at radius 3 is 0.643 bits per heavy atom. The van der Waals surface area contributed by atoms with Crippen molar-refractivity contribution in [2.75, 3.05) is 0 Å². The second kappa shape index (κ2) is 16.8.